The van der Waals surface area contributed by atoms with Gasteiger partial charge in [0.25, 0.3) is 0 Å². The van der Waals surface area contributed by atoms with Gasteiger partial charge < -0.3 is 10.4 Å². The number of benzene rings is 2. The number of aromatic hydroxyl groups is 1. The van der Waals surface area contributed by atoms with E-state index in [-0.39, 0.29) is 30.4 Å². The van der Waals surface area contributed by atoms with Crippen LogP contribution in [-0.2, 0) is 9.59 Å². The van der Waals surface area contributed by atoms with Crippen molar-refractivity contribution in [2.24, 2.45) is 5.10 Å². The zero-order valence-corrected chi connectivity index (χ0v) is 14.3. The number of anilines is 1. The number of hydrogen-bond acceptors (Lipinski definition) is 4. The number of para-hydroxylation sites is 1. The van der Waals surface area contributed by atoms with Crippen LogP contribution in [0.25, 0.3) is 0 Å². The summed E-state index contributed by atoms with van der Waals surface area (Å²) >= 11 is 3.19. The Hall–Kier alpha value is -2.67. The molecule has 0 radical (unpaired) electrons. The van der Waals surface area contributed by atoms with Crippen LogP contribution in [0.4, 0.5) is 5.69 Å². The van der Waals surface area contributed by atoms with Crippen LogP contribution >= 0.6 is 15.9 Å². The van der Waals surface area contributed by atoms with Gasteiger partial charge in [-0.3, -0.25) is 9.59 Å². The number of amides is 2. The van der Waals surface area contributed by atoms with Crippen molar-refractivity contribution >= 4 is 39.6 Å². The van der Waals surface area contributed by atoms with Gasteiger partial charge in [0.2, 0.25) is 11.8 Å². The number of phenolic OH excluding ortho intramolecular Hbond substituents is 1. The van der Waals surface area contributed by atoms with E-state index in [2.05, 4.69) is 31.8 Å². The summed E-state index contributed by atoms with van der Waals surface area (Å²) < 4.78 is 0.537. The average molecular weight is 390 g/mol. The molecule has 2 aromatic rings. The molecule has 0 heterocycles. The molecule has 0 saturated carbocycles. The van der Waals surface area contributed by atoms with Gasteiger partial charge in [-0.25, -0.2) is 5.43 Å². The summed E-state index contributed by atoms with van der Waals surface area (Å²) in [5.74, 6) is -0.462. The minimum atomic E-state index is -0.354. The second-order valence-corrected chi connectivity index (χ2v) is 5.77. The molecule has 24 heavy (non-hydrogen) atoms. The summed E-state index contributed by atoms with van der Waals surface area (Å²) in [5, 5.41) is 15.9. The molecule has 0 aromatic heterocycles. The smallest absolute Gasteiger partial charge is 0.240 e. The number of rotatable bonds is 6. The molecule has 0 aliphatic carbocycles. The fraction of sp³-hybridized carbons (Fsp3) is 0.118. The van der Waals surface area contributed by atoms with Crippen molar-refractivity contribution in [1.29, 1.82) is 0 Å². The van der Waals surface area contributed by atoms with Crippen molar-refractivity contribution in [2.75, 3.05) is 5.32 Å². The molecule has 0 aliphatic rings. The lowest BCUT2D eigenvalue weighted by Gasteiger charge is -2.04. The highest BCUT2D eigenvalue weighted by molar-refractivity contribution is 9.10. The summed E-state index contributed by atoms with van der Waals surface area (Å²) in [4.78, 5) is 23.4. The third kappa shape index (κ3) is 5.85. The van der Waals surface area contributed by atoms with Crippen molar-refractivity contribution in [1.82, 2.24) is 5.43 Å². The van der Waals surface area contributed by atoms with Crippen LogP contribution < -0.4 is 10.7 Å². The molecule has 7 heteroatoms. The van der Waals surface area contributed by atoms with Crippen LogP contribution in [0.5, 0.6) is 5.75 Å². The fourth-order valence-corrected chi connectivity index (χ4v) is 2.21. The molecule has 0 spiro atoms. The van der Waals surface area contributed by atoms with Gasteiger partial charge in [-0.15, -0.1) is 0 Å². The minimum absolute atomic E-state index is 0.0370. The number of nitrogens with one attached hydrogen (secondary N) is 2. The van der Waals surface area contributed by atoms with E-state index in [1.54, 1.807) is 24.3 Å². The number of phenols is 1. The van der Waals surface area contributed by atoms with E-state index in [1.165, 1.54) is 12.3 Å². The van der Waals surface area contributed by atoms with E-state index in [9.17, 15) is 14.7 Å². The molecule has 0 atom stereocenters. The monoisotopic (exact) mass is 389 g/mol. The Bertz CT molecular complexity index is 748. The molecular weight excluding hydrogens is 374 g/mol. The predicted molar refractivity (Wildman–Crippen MR) is 95.8 cm³/mol. The van der Waals surface area contributed by atoms with Gasteiger partial charge in [0.05, 0.1) is 10.7 Å². The Morgan fingerprint density at radius 3 is 2.50 bits per heavy atom. The van der Waals surface area contributed by atoms with Gasteiger partial charge in [-0.2, -0.15) is 5.10 Å². The first kappa shape index (κ1) is 17.7. The molecule has 3 N–H and O–H groups in total. The van der Waals surface area contributed by atoms with E-state index in [4.69, 9.17) is 0 Å². The van der Waals surface area contributed by atoms with Gasteiger partial charge in [0.15, 0.2) is 0 Å². The van der Waals surface area contributed by atoms with Crippen LogP contribution in [0, 0.1) is 0 Å². The van der Waals surface area contributed by atoms with E-state index < -0.39 is 0 Å². The summed E-state index contributed by atoms with van der Waals surface area (Å²) in [5.41, 5.74) is 3.76. The second kappa shape index (κ2) is 8.83. The zero-order chi connectivity index (χ0) is 17.4. The molecule has 0 bridgehead atoms. The average Bonchev–Trinajstić information content (AvgIpc) is 2.57. The number of halogens is 1. The predicted octanol–water partition coefficient (Wildman–Crippen LogP) is 3.02. The first-order chi connectivity index (χ1) is 11.5. The third-order valence-corrected chi connectivity index (χ3v) is 3.65. The highest BCUT2D eigenvalue weighted by atomic mass is 79.9. The standard InChI is InChI=1S/C17H16BrN3O3/c18-14-10-12(6-7-15(14)22)11-19-21-17(24)9-8-16(23)20-13-4-2-1-3-5-13/h1-7,10-11,22H,8-9H2,(H,20,23)(H,21,24)/b19-11+. The lowest BCUT2D eigenvalue weighted by atomic mass is 10.2. The largest absolute Gasteiger partial charge is 0.507 e. The maximum atomic E-state index is 11.7. The highest BCUT2D eigenvalue weighted by Crippen LogP contribution is 2.23. The van der Waals surface area contributed by atoms with Crippen molar-refractivity contribution in [2.45, 2.75) is 12.8 Å². The Morgan fingerprint density at radius 2 is 1.79 bits per heavy atom. The molecule has 0 fully saturated rings. The number of nitrogens with zero attached hydrogens (tertiary/aromatic N) is 1. The maximum Gasteiger partial charge on any atom is 0.240 e. The van der Waals surface area contributed by atoms with Crippen molar-refractivity contribution in [3.8, 4) is 5.75 Å². The Morgan fingerprint density at radius 1 is 1.08 bits per heavy atom. The van der Waals surface area contributed by atoms with Crippen LogP contribution in [0.1, 0.15) is 18.4 Å². The van der Waals surface area contributed by atoms with E-state index in [0.717, 1.165) is 0 Å². The second-order valence-electron chi connectivity index (χ2n) is 4.92. The molecule has 124 valence electrons. The molecule has 0 aliphatic heterocycles. The van der Waals surface area contributed by atoms with Crippen LogP contribution in [0.15, 0.2) is 58.1 Å². The number of hydrogen-bond donors (Lipinski definition) is 3. The number of hydrazone groups is 1. The van der Waals surface area contributed by atoms with Crippen LogP contribution in [0.2, 0.25) is 0 Å². The van der Waals surface area contributed by atoms with E-state index in [0.29, 0.717) is 15.7 Å². The Balaban J connectivity index is 1.74. The summed E-state index contributed by atoms with van der Waals surface area (Å²) in [6, 6.07) is 13.9. The minimum Gasteiger partial charge on any atom is -0.507 e. The molecule has 0 unspecified atom stereocenters. The molecular formula is C17H16BrN3O3. The topological polar surface area (TPSA) is 90.8 Å². The van der Waals surface area contributed by atoms with Gasteiger partial charge in [0.1, 0.15) is 5.75 Å². The maximum absolute atomic E-state index is 11.7. The van der Waals surface area contributed by atoms with Gasteiger partial charge >= 0.3 is 0 Å². The van der Waals surface area contributed by atoms with E-state index in [1.807, 2.05) is 18.2 Å². The summed E-state index contributed by atoms with van der Waals surface area (Å²) in [7, 11) is 0. The van der Waals surface area contributed by atoms with Crippen LogP contribution in [0.3, 0.4) is 0 Å². The third-order valence-electron chi connectivity index (χ3n) is 3.01. The van der Waals surface area contributed by atoms with Crippen molar-refractivity contribution in [3.05, 3.63) is 58.6 Å². The van der Waals surface area contributed by atoms with Crippen molar-refractivity contribution in [3.63, 3.8) is 0 Å². The molecule has 2 amide bonds. The van der Waals surface area contributed by atoms with Gasteiger partial charge in [-0.05, 0) is 51.8 Å². The van der Waals surface area contributed by atoms with Crippen molar-refractivity contribution < 1.29 is 14.7 Å². The summed E-state index contributed by atoms with van der Waals surface area (Å²) in [6.45, 7) is 0. The lowest BCUT2D eigenvalue weighted by molar-refractivity contribution is -0.124. The fourth-order valence-electron chi connectivity index (χ4n) is 1.81. The lowest BCUT2D eigenvalue weighted by Crippen LogP contribution is -2.20. The first-order valence-electron chi connectivity index (χ1n) is 7.20. The SMILES string of the molecule is O=C(CCC(=O)Nc1ccccc1)N/N=C/c1ccc(O)c(Br)c1. The molecule has 2 rings (SSSR count). The Labute approximate surface area is 147 Å². The number of carbonyl (C=O) groups is 2. The zero-order valence-electron chi connectivity index (χ0n) is 12.7. The van der Waals surface area contributed by atoms with Gasteiger partial charge in [0, 0.05) is 18.5 Å². The van der Waals surface area contributed by atoms with Crippen LogP contribution in [-0.4, -0.2) is 23.1 Å². The summed E-state index contributed by atoms with van der Waals surface area (Å²) in [6.07, 6.45) is 1.56. The normalized spacial score (nSPS) is 10.5. The molecule has 0 saturated heterocycles. The molecule has 2 aromatic carbocycles. The highest BCUT2D eigenvalue weighted by Gasteiger charge is 2.06. The first-order valence-corrected chi connectivity index (χ1v) is 7.99. The Kier molecular flexibility index (Phi) is 6.51. The quantitative estimate of drug-likeness (QED) is 0.523. The van der Waals surface area contributed by atoms with Gasteiger partial charge in [-0.1, -0.05) is 18.2 Å². The molecule has 6 nitrogen and oxygen atoms in total. The number of carbonyl (C=O) groups excluding carboxylic acids is 2. The van der Waals surface area contributed by atoms with E-state index >= 15 is 0 Å².